The molecule has 1 aliphatic heterocycles. The van der Waals surface area contributed by atoms with E-state index in [1.54, 1.807) is 17.4 Å². The lowest BCUT2D eigenvalue weighted by Crippen LogP contribution is -2.42. The SMILES string of the molecule is CCS(=O)(=O)N1CCC(Oc2cc(-c3ccc(CCC#N)cc3)cc3ccncc23)CC1. The molecule has 7 heteroatoms. The number of hydrogen-bond acceptors (Lipinski definition) is 5. The molecule has 1 aromatic heterocycles. The molecule has 0 N–H and O–H groups in total. The summed E-state index contributed by atoms with van der Waals surface area (Å²) >= 11 is 0. The highest BCUT2D eigenvalue weighted by molar-refractivity contribution is 7.89. The van der Waals surface area contributed by atoms with E-state index in [4.69, 9.17) is 10.00 Å². The molecule has 0 unspecified atom stereocenters. The molecule has 2 aromatic carbocycles. The van der Waals surface area contributed by atoms with Gasteiger partial charge < -0.3 is 4.74 Å². The van der Waals surface area contributed by atoms with Gasteiger partial charge in [-0.2, -0.15) is 5.26 Å². The van der Waals surface area contributed by atoms with E-state index in [-0.39, 0.29) is 11.9 Å². The van der Waals surface area contributed by atoms with Crippen molar-refractivity contribution >= 4 is 20.8 Å². The minimum absolute atomic E-state index is 0.0367. The number of nitriles is 1. The van der Waals surface area contributed by atoms with E-state index in [9.17, 15) is 8.42 Å². The van der Waals surface area contributed by atoms with Gasteiger partial charge in [0.2, 0.25) is 10.0 Å². The van der Waals surface area contributed by atoms with Gasteiger partial charge in [-0.25, -0.2) is 12.7 Å². The van der Waals surface area contributed by atoms with Crippen molar-refractivity contribution in [2.24, 2.45) is 0 Å². The van der Waals surface area contributed by atoms with Gasteiger partial charge in [-0.15, -0.1) is 0 Å². The Bertz CT molecular complexity index is 1230. The number of hydrogen-bond donors (Lipinski definition) is 0. The van der Waals surface area contributed by atoms with Crippen molar-refractivity contribution in [1.29, 1.82) is 5.26 Å². The molecule has 32 heavy (non-hydrogen) atoms. The number of fused-ring (bicyclic) bond motifs is 1. The van der Waals surface area contributed by atoms with Crippen molar-refractivity contribution in [1.82, 2.24) is 9.29 Å². The molecule has 166 valence electrons. The van der Waals surface area contributed by atoms with Gasteiger partial charge >= 0.3 is 0 Å². The number of pyridine rings is 1. The van der Waals surface area contributed by atoms with Crippen LogP contribution in [0.3, 0.4) is 0 Å². The Labute approximate surface area is 189 Å². The minimum Gasteiger partial charge on any atom is -0.490 e. The van der Waals surface area contributed by atoms with Gasteiger partial charge in [0, 0.05) is 37.3 Å². The monoisotopic (exact) mass is 449 g/mol. The molecule has 0 atom stereocenters. The summed E-state index contributed by atoms with van der Waals surface area (Å²) in [5, 5.41) is 10.8. The third kappa shape index (κ3) is 4.93. The first-order valence-electron chi connectivity index (χ1n) is 11.0. The van der Waals surface area contributed by atoms with Crippen LogP contribution < -0.4 is 4.74 Å². The molecule has 4 rings (SSSR count). The lowest BCUT2D eigenvalue weighted by molar-refractivity contribution is 0.137. The van der Waals surface area contributed by atoms with Crippen LogP contribution in [0.25, 0.3) is 21.9 Å². The molecular weight excluding hydrogens is 422 g/mol. The molecule has 2 heterocycles. The zero-order valence-electron chi connectivity index (χ0n) is 18.2. The quantitative estimate of drug-likeness (QED) is 0.528. The molecule has 0 saturated carbocycles. The molecule has 0 radical (unpaired) electrons. The van der Waals surface area contributed by atoms with E-state index in [2.05, 4.69) is 41.4 Å². The highest BCUT2D eigenvalue weighted by Crippen LogP contribution is 2.34. The maximum Gasteiger partial charge on any atom is 0.213 e. The molecule has 3 aromatic rings. The molecular formula is C25H27N3O3S. The Morgan fingerprint density at radius 3 is 2.56 bits per heavy atom. The highest BCUT2D eigenvalue weighted by atomic mass is 32.2. The van der Waals surface area contributed by atoms with Crippen molar-refractivity contribution in [3.8, 4) is 22.9 Å². The van der Waals surface area contributed by atoms with E-state index < -0.39 is 10.0 Å². The summed E-state index contributed by atoms with van der Waals surface area (Å²) in [7, 11) is -3.15. The zero-order valence-corrected chi connectivity index (χ0v) is 19.0. The molecule has 0 spiro atoms. The van der Waals surface area contributed by atoms with Crippen LogP contribution in [0.2, 0.25) is 0 Å². The molecule has 0 aliphatic carbocycles. The second kappa shape index (κ2) is 9.68. The summed E-state index contributed by atoms with van der Waals surface area (Å²) in [6, 6.07) is 16.6. The molecule has 0 amide bonds. The van der Waals surface area contributed by atoms with Crippen molar-refractivity contribution in [3.05, 3.63) is 60.4 Å². The Kier molecular flexibility index (Phi) is 6.73. The third-order valence-corrected chi connectivity index (χ3v) is 7.86. The number of piperidine rings is 1. The zero-order chi connectivity index (χ0) is 22.6. The lowest BCUT2D eigenvalue weighted by Gasteiger charge is -2.31. The van der Waals surface area contributed by atoms with Crippen LogP contribution in [0, 0.1) is 11.3 Å². The average molecular weight is 450 g/mol. The van der Waals surface area contributed by atoms with Crippen molar-refractivity contribution in [2.45, 2.75) is 38.7 Å². The van der Waals surface area contributed by atoms with Crippen molar-refractivity contribution < 1.29 is 13.2 Å². The van der Waals surface area contributed by atoms with Gasteiger partial charge in [-0.3, -0.25) is 4.98 Å². The van der Waals surface area contributed by atoms with Gasteiger partial charge in [0.1, 0.15) is 11.9 Å². The summed E-state index contributed by atoms with van der Waals surface area (Å²) in [6.07, 6.45) is 6.15. The molecule has 1 fully saturated rings. The van der Waals surface area contributed by atoms with Crippen LogP contribution in [0.1, 0.15) is 31.7 Å². The summed E-state index contributed by atoms with van der Waals surface area (Å²) < 4.78 is 32.2. The normalized spacial score (nSPS) is 15.5. The predicted octanol–water partition coefficient (Wildman–Crippen LogP) is 4.55. The number of aromatic nitrogens is 1. The number of nitrogens with zero attached hydrogens (tertiary/aromatic N) is 3. The minimum atomic E-state index is -3.15. The lowest BCUT2D eigenvalue weighted by atomic mass is 9.99. The fraction of sp³-hybridized carbons (Fsp3) is 0.360. The first-order valence-corrected chi connectivity index (χ1v) is 12.6. The Morgan fingerprint density at radius 1 is 1.12 bits per heavy atom. The van der Waals surface area contributed by atoms with Crippen LogP contribution in [0.5, 0.6) is 5.75 Å². The second-order valence-electron chi connectivity index (χ2n) is 8.04. The second-order valence-corrected chi connectivity index (χ2v) is 10.3. The van der Waals surface area contributed by atoms with Crippen LogP contribution >= 0.6 is 0 Å². The summed E-state index contributed by atoms with van der Waals surface area (Å²) in [6.45, 7) is 2.65. The standard InChI is InChI=1S/C25H27N3O3S/c1-2-32(29,30)28-14-10-23(11-15-28)31-25-17-22(16-21-9-13-27-18-24(21)25)20-7-5-19(6-8-20)4-3-12-26/h5-9,13,16-18,23H,2-4,10-11,14-15H2,1H3. The number of ether oxygens (including phenoxy) is 1. The molecule has 1 saturated heterocycles. The van der Waals surface area contributed by atoms with Gasteiger partial charge in [0.15, 0.2) is 0 Å². The van der Waals surface area contributed by atoms with Crippen LogP contribution in [-0.4, -0.2) is 42.7 Å². The van der Waals surface area contributed by atoms with Crippen LogP contribution in [-0.2, 0) is 16.4 Å². The van der Waals surface area contributed by atoms with Gasteiger partial charge in [-0.1, -0.05) is 24.3 Å². The number of aryl methyl sites for hydroxylation is 1. The maximum atomic E-state index is 12.1. The van der Waals surface area contributed by atoms with Crippen LogP contribution in [0.4, 0.5) is 0 Å². The highest BCUT2D eigenvalue weighted by Gasteiger charge is 2.28. The summed E-state index contributed by atoms with van der Waals surface area (Å²) in [5.74, 6) is 0.905. The van der Waals surface area contributed by atoms with E-state index in [0.29, 0.717) is 32.4 Å². The number of sulfonamides is 1. The maximum absolute atomic E-state index is 12.1. The smallest absolute Gasteiger partial charge is 0.213 e. The van der Waals surface area contributed by atoms with Crippen molar-refractivity contribution in [3.63, 3.8) is 0 Å². The molecule has 1 aliphatic rings. The van der Waals surface area contributed by atoms with Crippen molar-refractivity contribution in [2.75, 3.05) is 18.8 Å². The topological polar surface area (TPSA) is 83.3 Å². The Balaban J connectivity index is 1.57. The average Bonchev–Trinajstić information content (AvgIpc) is 2.83. The van der Waals surface area contributed by atoms with Crippen LogP contribution in [0.15, 0.2) is 54.9 Å². The predicted molar refractivity (Wildman–Crippen MR) is 126 cm³/mol. The van der Waals surface area contributed by atoms with Gasteiger partial charge in [-0.05, 0) is 66.5 Å². The van der Waals surface area contributed by atoms with E-state index in [1.165, 1.54) is 0 Å². The Morgan fingerprint density at radius 2 is 1.88 bits per heavy atom. The molecule has 0 bridgehead atoms. The van der Waals surface area contributed by atoms with E-state index in [0.717, 1.165) is 39.6 Å². The summed E-state index contributed by atoms with van der Waals surface area (Å²) in [5.41, 5.74) is 3.28. The van der Waals surface area contributed by atoms with Gasteiger partial charge in [0.05, 0.1) is 11.8 Å². The molecule has 6 nitrogen and oxygen atoms in total. The first kappa shape index (κ1) is 22.3. The first-order chi connectivity index (χ1) is 15.5. The fourth-order valence-electron chi connectivity index (χ4n) is 4.08. The summed E-state index contributed by atoms with van der Waals surface area (Å²) in [4.78, 5) is 4.27. The fourth-order valence-corrected chi connectivity index (χ4v) is 5.22. The van der Waals surface area contributed by atoms with Gasteiger partial charge in [0.25, 0.3) is 0 Å². The van der Waals surface area contributed by atoms with E-state index in [1.807, 2.05) is 18.3 Å². The van der Waals surface area contributed by atoms with E-state index >= 15 is 0 Å². The number of benzene rings is 2. The third-order valence-electron chi connectivity index (χ3n) is 5.98. The largest absolute Gasteiger partial charge is 0.490 e. The Hall–Kier alpha value is -2.95. The number of rotatable bonds is 7.